The van der Waals surface area contributed by atoms with Crippen LogP contribution in [-0.4, -0.2) is 23.3 Å². The summed E-state index contributed by atoms with van der Waals surface area (Å²) in [6, 6.07) is 0. The van der Waals surface area contributed by atoms with E-state index in [0.29, 0.717) is 0 Å². The SMILES string of the molecule is CC(C)(C)C1(C)NCCC1O. The average Bonchev–Trinajstić information content (AvgIpc) is 2.12. The molecule has 0 amide bonds. The zero-order valence-electron chi connectivity index (χ0n) is 7.94. The van der Waals surface area contributed by atoms with Gasteiger partial charge in [-0.2, -0.15) is 0 Å². The van der Waals surface area contributed by atoms with Crippen LogP contribution in [0.4, 0.5) is 0 Å². The maximum atomic E-state index is 9.72. The Labute approximate surface area is 69.0 Å². The number of hydrogen-bond donors (Lipinski definition) is 2. The Bertz CT molecular complexity index is 150. The van der Waals surface area contributed by atoms with Crippen LogP contribution in [0.15, 0.2) is 0 Å². The minimum atomic E-state index is -0.192. The first-order chi connectivity index (χ1) is 4.88. The predicted molar refractivity (Wildman–Crippen MR) is 46.5 cm³/mol. The molecule has 1 fully saturated rings. The average molecular weight is 157 g/mol. The van der Waals surface area contributed by atoms with Crippen molar-refractivity contribution in [2.45, 2.75) is 45.8 Å². The number of hydrogen-bond acceptors (Lipinski definition) is 2. The van der Waals surface area contributed by atoms with Crippen molar-refractivity contribution in [1.82, 2.24) is 5.32 Å². The van der Waals surface area contributed by atoms with Crippen LogP contribution in [0.3, 0.4) is 0 Å². The van der Waals surface area contributed by atoms with E-state index in [2.05, 4.69) is 33.0 Å². The van der Waals surface area contributed by atoms with Crippen molar-refractivity contribution in [3.8, 4) is 0 Å². The van der Waals surface area contributed by atoms with Crippen molar-refractivity contribution in [2.75, 3.05) is 6.54 Å². The zero-order valence-corrected chi connectivity index (χ0v) is 7.94. The van der Waals surface area contributed by atoms with Crippen LogP contribution < -0.4 is 5.32 Å². The van der Waals surface area contributed by atoms with Crippen LogP contribution in [0.2, 0.25) is 0 Å². The van der Waals surface area contributed by atoms with Crippen LogP contribution in [0.5, 0.6) is 0 Å². The molecule has 1 aliphatic heterocycles. The van der Waals surface area contributed by atoms with E-state index in [-0.39, 0.29) is 17.1 Å². The number of aliphatic hydroxyl groups excluding tert-OH is 1. The Morgan fingerprint density at radius 2 is 2.00 bits per heavy atom. The number of rotatable bonds is 0. The van der Waals surface area contributed by atoms with Gasteiger partial charge in [0, 0.05) is 5.54 Å². The van der Waals surface area contributed by atoms with Crippen molar-refractivity contribution < 1.29 is 5.11 Å². The van der Waals surface area contributed by atoms with E-state index in [1.165, 1.54) is 0 Å². The maximum Gasteiger partial charge on any atom is 0.0736 e. The van der Waals surface area contributed by atoms with Gasteiger partial charge in [-0.3, -0.25) is 0 Å². The molecule has 0 saturated carbocycles. The van der Waals surface area contributed by atoms with E-state index in [9.17, 15) is 5.11 Å². The quantitative estimate of drug-likeness (QED) is 0.553. The minimum absolute atomic E-state index is 0.104. The van der Waals surface area contributed by atoms with Crippen LogP contribution >= 0.6 is 0 Å². The summed E-state index contributed by atoms with van der Waals surface area (Å²) in [5, 5.41) is 13.1. The van der Waals surface area contributed by atoms with Gasteiger partial charge in [-0.15, -0.1) is 0 Å². The van der Waals surface area contributed by atoms with Gasteiger partial charge in [-0.25, -0.2) is 0 Å². The van der Waals surface area contributed by atoms with Gasteiger partial charge in [0.25, 0.3) is 0 Å². The second-order valence-corrected chi connectivity index (χ2v) is 4.68. The first-order valence-corrected chi connectivity index (χ1v) is 4.31. The molecule has 0 aliphatic carbocycles. The third-order valence-corrected chi connectivity index (χ3v) is 3.13. The predicted octanol–water partition coefficient (Wildman–Crippen LogP) is 1.15. The van der Waals surface area contributed by atoms with Crippen molar-refractivity contribution >= 4 is 0 Å². The van der Waals surface area contributed by atoms with E-state index in [1.807, 2.05) is 0 Å². The van der Waals surface area contributed by atoms with Crippen LogP contribution in [0, 0.1) is 5.41 Å². The lowest BCUT2D eigenvalue weighted by Crippen LogP contribution is -2.54. The van der Waals surface area contributed by atoms with Crippen molar-refractivity contribution in [3.63, 3.8) is 0 Å². The first-order valence-electron chi connectivity index (χ1n) is 4.31. The third kappa shape index (κ3) is 1.30. The van der Waals surface area contributed by atoms with Gasteiger partial charge in [0.1, 0.15) is 0 Å². The van der Waals surface area contributed by atoms with Gasteiger partial charge in [0.2, 0.25) is 0 Å². The monoisotopic (exact) mass is 157 g/mol. The molecule has 2 unspecified atom stereocenters. The fraction of sp³-hybridized carbons (Fsp3) is 1.00. The summed E-state index contributed by atoms with van der Waals surface area (Å²) in [4.78, 5) is 0. The van der Waals surface area contributed by atoms with Crippen LogP contribution in [-0.2, 0) is 0 Å². The summed E-state index contributed by atoms with van der Waals surface area (Å²) in [6.45, 7) is 9.53. The zero-order chi connectivity index (χ0) is 8.70. The number of aliphatic hydroxyl groups is 1. The summed E-state index contributed by atoms with van der Waals surface area (Å²) in [7, 11) is 0. The summed E-state index contributed by atoms with van der Waals surface area (Å²) in [6.07, 6.45) is 0.691. The number of nitrogens with one attached hydrogen (secondary N) is 1. The lowest BCUT2D eigenvalue weighted by atomic mass is 9.73. The highest BCUT2D eigenvalue weighted by Crippen LogP contribution is 2.36. The molecule has 0 aromatic carbocycles. The summed E-state index contributed by atoms with van der Waals surface area (Å²) < 4.78 is 0. The lowest BCUT2D eigenvalue weighted by molar-refractivity contribution is 0.0356. The molecule has 1 heterocycles. The minimum Gasteiger partial charge on any atom is -0.391 e. The smallest absolute Gasteiger partial charge is 0.0736 e. The molecule has 0 spiro atoms. The Balaban J connectivity index is 2.81. The molecule has 0 aromatic rings. The van der Waals surface area contributed by atoms with Crippen molar-refractivity contribution in [1.29, 1.82) is 0 Å². The van der Waals surface area contributed by atoms with E-state index in [0.717, 1.165) is 13.0 Å². The molecule has 2 atom stereocenters. The van der Waals surface area contributed by atoms with Crippen molar-refractivity contribution in [2.24, 2.45) is 5.41 Å². The Morgan fingerprint density at radius 3 is 2.18 bits per heavy atom. The normalized spacial score (nSPS) is 39.5. The van der Waals surface area contributed by atoms with E-state index in [4.69, 9.17) is 0 Å². The molecule has 1 rings (SSSR count). The lowest BCUT2D eigenvalue weighted by Gasteiger charge is -2.41. The van der Waals surface area contributed by atoms with Crippen LogP contribution in [0.1, 0.15) is 34.1 Å². The second-order valence-electron chi connectivity index (χ2n) is 4.68. The van der Waals surface area contributed by atoms with E-state index >= 15 is 0 Å². The Kier molecular flexibility index (Phi) is 2.01. The van der Waals surface area contributed by atoms with Gasteiger partial charge in [-0.05, 0) is 25.3 Å². The van der Waals surface area contributed by atoms with E-state index < -0.39 is 0 Å². The molecule has 11 heavy (non-hydrogen) atoms. The van der Waals surface area contributed by atoms with Gasteiger partial charge >= 0.3 is 0 Å². The first kappa shape index (κ1) is 9.01. The largest absolute Gasteiger partial charge is 0.391 e. The third-order valence-electron chi connectivity index (χ3n) is 3.13. The highest BCUT2D eigenvalue weighted by atomic mass is 16.3. The molecular weight excluding hydrogens is 138 g/mol. The van der Waals surface area contributed by atoms with Crippen molar-refractivity contribution in [3.05, 3.63) is 0 Å². The Morgan fingerprint density at radius 1 is 1.45 bits per heavy atom. The molecule has 0 bridgehead atoms. The highest BCUT2D eigenvalue weighted by molar-refractivity contribution is 5.03. The van der Waals surface area contributed by atoms with Gasteiger partial charge in [-0.1, -0.05) is 20.8 Å². The molecule has 0 radical (unpaired) electrons. The molecule has 66 valence electrons. The van der Waals surface area contributed by atoms with Gasteiger partial charge in [0.05, 0.1) is 6.10 Å². The fourth-order valence-electron chi connectivity index (χ4n) is 1.64. The van der Waals surface area contributed by atoms with E-state index in [1.54, 1.807) is 0 Å². The summed E-state index contributed by atoms with van der Waals surface area (Å²) in [5.74, 6) is 0. The molecule has 1 aliphatic rings. The van der Waals surface area contributed by atoms with Crippen LogP contribution in [0.25, 0.3) is 0 Å². The topological polar surface area (TPSA) is 32.3 Å². The summed E-state index contributed by atoms with van der Waals surface area (Å²) >= 11 is 0. The molecular formula is C9H19NO. The van der Waals surface area contributed by atoms with Gasteiger partial charge in [0.15, 0.2) is 0 Å². The molecule has 2 heteroatoms. The molecule has 2 nitrogen and oxygen atoms in total. The fourth-order valence-corrected chi connectivity index (χ4v) is 1.64. The Hall–Kier alpha value is -0.0800. The molecule has 1 saturated heterocycles. The standard InChI is InChI=1S/C9H19NO/c1-8(2,3)9(4)7(11)5-6-10-9/h7,10-11H,5-6H2,1-4H3. The van der Waals surface area contributed by atoms with Gasteiger partial charge < -0.3 is 10.4 Å². The maximum absolute atomic E-state index is 9.72. The highest BCUT2D eigenvalue weighted by Gasteiger charge is 2.46. The second kappa shape index (κ2) is 2.46. The molecule has 2 N–H and O–H groups in total. The summed E-state index contributed by atoms with van der Waals surface area (Å²) in [5.41, 5.74) is 0.0237. The molecule has 0 aromatic heterocycles.